The summed E-state index contributed by atoms with van der Waals surface area (Å²) in [7, 11) is -2.78. The van der Waals surface area contributed by atoms with E-state index in [0.29, 0.717) is 0 Å². The lowest BCUT2D eigenvalue weighted by Gasteiger charge is -2.34. The van der Waals surface area contributed by atoms with Crippen molar-refractivity contribution in [1.82, 2.24) is 13.7 Å². The first-order chi connectivity index (χ1) is 40.7. The molecule has 3 nitrogen and oxygen atoms in total. The first kappa shape index (κ1) is 47.5. The zero-order valence-electron chi connectivity index (χ0n) is 44.9. The maximum atomic E-state index is 2.49. The average molecular weight is 1060 g/mol. The Morgan fingerprint density at radius 1 is 0.171 bits per heavy atom. The monoisotopic (exact) mass is 1060 g/mol. The second-order valence-electron chi connectivity index (χ2n) is 21.6. The van der Waals surface area contributed by atoms with E-state index in [4.69, 9.17) is 0 Å². The molecule has 13 aromatic carbocycles. The minimum atomic E-state index is -2.78. The summed E-state index contributed by atoms with van der Waals surface area (Å²) in [6, 6.07) is 120. The van der Waals surface area contributed by atoms with Gasteiger partial charge in [0.05, 0.1) is 33.1 Å². The molecule has 4 heteroatoms. The second-order valence-corrected chi connectivity index (χ2v) is 25.4. The molecule has 0 atom stereocenters. The van der Waals surface area contributed by atoms with Gasteiger partial charge < -0.3 is 13.7 Å². The summed E-state index contributed by atoms with van der Waals surface area (Å²) in [5, 5.41) is 12.8. The quantitative estimate of drug-likeness (QED) is 0.0958. The number of para-hydroxylation sites is 3. The van der Waals surface area contributed by atoms with Crippen LogP contribution in [0.3, 0.4) is 0 Å². The van der Waals surface area contributed by atoms with Crippen LogP contribution >= 0.6 is 0 Å². The first-order valence-electron chi connectivity index (χ1n) is 28.3. The van der Waals surface area contributed by atoms with Gasteiger partial charge in [0.25, 0.3) is 0 Å². The fraction of sp³-hybridized carbons (Fsp3) is 0. The standard InChI is InChI=1S/C78H53N3Si/c1-6-23-54(24-7-1)57-41-45-76-71(50-57)72-51-58(56-27-22-34-66(49-56)82(63-28-10-3-11-29-63,64-30-12-4-13-31-64)65-32-14-5-15-33-65)42-46-77(72)79(76)60-43-44-70-69-37-18-21-40-75(69)81(78(70)53-60)62-48-59(55-25-8-2-9-26-55)47-61(52-62)80-73-38-19-16-35-67(73)68-36-17-20-39-74(68)80/h1-53H. The van der Waals surface area contributed by atoms with Crippen molar-refractivity contribution in [3.05, 3.63) is 322 Å². The number of nitrogens with zero attached hydrogens (tertiary/aromatic N) is 3. The Morgan fingerprint density at radius 3 is 1.02 bits per heavy atom. The van der Waals surface area contributed by atoms with Crippen LogP contribution in [-0.4, -0.2) is 21.8 Å². The Morgan fingerprint density at radius 2 is 0.524 bits per heavy atom. The molecule has 0 aliphatic heterocycles. The molecular weight excluding hydrogens is 1010 g/mol. The van der Waals surface area contributed by atoms with Gasteiger partial charge in [0.2, 0.25) is 0 Å². The molecule has 0 saturated carbocycles. The normalized spacial score (nSPS) is 11.9. The van der Waals surface area contributed by atoms with E-state index >= 15 is 0 Å². The van der Waals surface area contributed by atoms with Gasteiger partial charge in [-0.05, 0) is 127 Å². The van der Waals surface area contributed by atoms with Gasteiger partial charge in [0.1, 0.15) is 0 Å². The Bertz CT molecular complexity index is 4930. The van der Waals surface area contributed by atoms with Crippen LogP contribution in [0.5, 0.6) is 0 Å². The minimum absolute atomic E-state index is 1.10. The van der Waals surface area contributed by atoms with Gasteiger partial charge in [-0.15, -0.1) is 0 Å². The van der Waals surface area contributed by atoms with Gasteiger partial charge >= 0.3 is 0 Å². The number of benzene rings is 13. The highest BCUT2D eigenvalue weighted by atomic mass is 28.3. The van der Waals surface area contributed by atoms with Crippen molar-refractivity contribution < 1.29 is 0 Å². The van der Waals surface area contributed by atoms with E-state index in [9.17, 15) is 0 Å². The minimum Gasteiger partial charge on any atom is -0.309 e. The predicted octanol–water partition coefficient (Wildman–Crippen LogP) is 17.4. The molecule has 16 aromatic rings. The summed E-state index contributed by atoms with van der Waals surface area (Å²) in [5.74, 6) is 0. The van der Waals surface area contributed by atoms with Crippen LogP contribution in [0.2, 0.25) is 0 Å². The summed E-state index contributed by atoms with van der Waals surface area (Å²) < 4.78 is 7.43. The van der Waals surface area contributed by atoms with Gasteiger partial charge in [-0.25, -0.2) is 0 Å². The maximum Gasteiger partial charge on any atom is 0.179 e. The molecule has 0 aliphatic carbocycles. The van der Waals surface area contributed by atoms with E-state index in [-0.39, 0.29) is 0 Å². The third-order valence-corrected chi connectivity index (χ3v) is 21.9. The molecule has 0 unspecified atom stereocenters. The van der Waals surface area contributed by atoms with Gasteiger partial charge in [0, 0.05) is 49.4 Å². The predicted molar refractivity (Wildman–Crippen MR) is 349 cm³/mol. The second kappa shape index (κ2) is 19.4. The third-order valence-electron chi connectivity index (χ3n) is 17.1. The number of hydrogen-bond acceptors (Lipinski definition) is 0. The van der Waals surface area contributed by atoms with Crippen LogP contribution in [0.25, 0.3) is 116 Å². The first-order valence-corrected chi connectivity index (χ1v) is 30.3. The molecule has 384 valence electrons. The van der Waals surface area contributed by atoms with Crippen LogP contribution in [0.15, 0.2) is 322 Å². The van der Waals surface area contributed by atoms with E-state index in [1.165, 1.54) is 91.9 Å². The van der Waals surface area contributed by atoms with Crippen molar-refractivity contribution >= 4 is 94.2 Å². The summed E-state index contributed by atoms with van der Waals surface area (Å²) in [4.78, 5) is 0. The molecule has 16 rings (SSSR count). The highest BCUT2D eigenvalue weighted by Gasteiger charge is 2.41. The highest BCUT2D eigenvalue weighted by Crippen LogP contribution is 2.42. The van der Waals surface area contributed by atoms with Crippen LogP contribution in [-0.2, 0) is 0 Å². The molecule has 0 amide bonds. The van der Waals surface area contributed by atoms with E-state index in [1.807, 2.05) is 0 Å². The molecule has 0 bridgehead atoms. The molecule has 0 fully saturated rings. The van der Waals surface area contributed by atoms with Crippen molar-refractivity contribution in [3.63, 3.8) is 0 Å². The van der Waals surface area contributed by atoms with E-state index in [0.717, 1.165) is 44.7 Å². The van der Waals surface area contributed by atoms with Crippen LogP contribution in [0.1, 0.15) is 0 Å². The summed E-state index contributed by atoms with van der Waals surface area (Å²) in [6.45, 7) is 0. The lowest BCUT2D eigenvalue weighted by atomic mass is 10.0. The summed E-state index contributed by atoms with van der Waals surface area (Å²) in [5.41, 5.74) is 17.4. The molecule has 0 radical (unpaired) electrons. The molecular formula is C78H53N3Si. The van der Waals surface area contributed by atoms with Crippen LogP contribution in [0.4, 0.5) is 0 Å². The van der Waals surface area contributed by atoms with Gasteiger partial charge in [-0.3, -0.25) is 0 Å². The number of aromatic nitrogens is 3. The molecule has 0 spiro atoms. The van der Waals surface area contributed by atoms with Crippen LogP contribution in [0, 0.1) is 0 Å². The molecule has 0 N–H and O–H groups in total. The highest BCUT2D eigenvalue weighted by molar-refractivity contribution is 7.19. The van der Waals surface area contributed by atoms with E-state index in [2.05, 4.69) is 335 Å². The smallest absolute Gasteiger partial charge is 0.179 e. The fourth-order valence-electron chi connectivity index (χ4n) is 13.5. The Kier molecular flexibility index (Phi) is 11.2. The largest absolute Gasteiger partial charge is 0.309 e. The fourth-order valence-corrected chi connectivity index (χ4v) is 18.3. The van der Waals surface area contributed by atoms with Crippen molar-refractivity contribution in [2.75, 3.05) is 0 Å². The van der Waals surface area contributed by atoms with E-state index in [1.54, 1.807) is 0 Å². The van der Waals surface area contributed by atoms with Gasteiger partial charge in [0.15, 0.2) is 8.07 Å². The van der Waals surface area contributed by atoms with Crippen molar-refractivity contribution in [2.45, 2.75) is 0 Å². The summed E-state index contributed by atoms with van der Waals surface area (Å²) >= 11 is 0. The van der Waals surface area contributed by atoms with Crippen LogP contribution < -0.4 is 20.7 Å². The number of rotatable bonds is 10. The van der Waals surface area contributed by atoms with Crippen molar-refractivity contribution in [3.8, 4) is 50.4 Å². The maximum absolute atomic E-state index is 2.78. The van der Waals surface area contributed by atoms with Crippen molar-refractivity contribution in [2.24, 2.45) is 0 Å². The lowest BCUT2D eigenvalue weighted by molar-refractivity contribution is 1.13. The van der Waals surface area contributed by atoms with Gasteiger partial charge in [-0.1, -0.05) is 249 Å². The summed E-state index contributed by atoms with van der Waals surface area (Å²) in [6.07, 6.45) is 0. The Labute approximate surface area is 477 Å². The van der Waals surface area contributed by atoms with E-state index < -0.39 is 8.07 Å². The third kappa shape index (κ3) is 7.57. The lowest BCUT2D eigenvalue weighted by Crippen LogP contribution is -2.74. The SMILES string of the molecule is c1ccc(-c2cc(-n3c4ccccc4c4ccccc43)cc(-n3c4ccccc4c4ccc(-n5c6ccc(-c7ccccc7)cc6c6cc(-c7cccc([Si](c8ccccc8)(c8ccccc8)c8ccccc8)c7)ccc65)cc43)c2)cc1. The number of fused-ring (bicyclic) bond motifs is 9. The molecule has 3 heterocycles. The topological polar surface area (TPSA) is 14.8 Å². The molecule has 3 aromatic heterocycles. The average Bonchev–Trinajstić information content (AvgIpc) is 4.07. The number of hydrogen-bond donors (Lipinski definition) is 0. The zero-order chi connectivity index (χ0) is 54.1. The molecule has 82 heavy (non-hydrogen) atoms. The zero-order valence-corrected chi connectivity index (χ0v) is 45.9. The van der Waals surface area contributed by atoms with Crippen molar-refractivity contribution in [1.29, 1.82) is 0 Å². The molecule has 0 aliphatic rings. The van der Waals surface area contributed by atoms with Gasteiger partial charge in [-0.2, -0.15) is 0 Å². The molecule has 0 saturated heterocycles. The Hall–Kier alpha value is -10.5. The Balaban J connectivity index is 0.915.